The maximum atomic E-state index is 12.5. The number of rotatable bonds is 8. The summed E-state index contributed by atoms with van der Waals surface area (Å²) in [6, 6.07) is 16.0. The third-order valence-electron chi connectivity index (χ3n) is 7.43. The van der Waals surface area contributed by atoms with Gasteiger partial charge >= 0.3 is 5.97 Å². The molecule has 0 amide bonds. The van der Waals surface area contributed by atoms with Gasteiger partial charge in [0.1, 0.15) is 0 Å². The molecule has 1 unspecified atom stereocenters. The van der Waals surface area contributed by atoms with Gasteiger partial charge in [0.2, 0.25) is 0 Å². The molecule has 194 valence electrons. The molecule has 0 aliphatic heterocycles. The summed E-state index contributed by atoms with van der Waals surface area (Å²) in [5.74, 6) is 0.0937. The van der Waals surface area contributed by atoms with E-state index in [-0.39, 0.29) is 24.2 Å². The zero-order valence-electron chi connectivity index (χ0n) is 22.0. The normalized spacial score (nSPS) is 15.0. The second-order valence-electron chi connectivity index (χ2n) is 10.00. The van der Waals surface area contributed by atoms with E-state index in [9.17, 15) is 9.59 Å². The zero-order valence-corrected chi connectivity index (χ0v) is 22.0. The second kappa shape index (κ2) is 10.6. The number of esters is 1. The minimum atomic E-state index is -0.272. The van der Waals surface area contributed by atoms with Crippen molar-refractivity contribution in [2.24, 2.45) is 11.7 Å². The third kappa shape index (κ3) is 4.84. The summed E-state index contributed by atoms with van der Waals surface area (Å²) >= 11 is 0. The molecule has 1 aliphatic rings. The number of hydrogen-bond donors (Lipinski definition) is 1. The van der Waals surface area contributed by atoms with E-state index < -0.39 is 0 Å². The summed E-state index contributed by atoms with van der Waals surface area (Å²) in [5.41, 5.74) is 13.4. The van der Waals surface area contributed by atoms with E-state index in [1.807, 2.05) is 48.7 Å². The molecule has 0 radical (unpaired) electrons. The van der Waals surface area contributed by atoms with Crippen molar-refractivity contribution < 1.29 is 14.3 Å². The fourth-order valence-corrected chi connectivity index (χ4v) is 5.37. The average molecular weight is 509 g/mol. The van der Waals surface area contributed by atoms with Crippen LogP contribution in [0, 0.1) is 5.92 Å². The maximum Gasteiger partial charge on any atom is 0.309 e. The van der Waals surface area contributed by atoms with Gasteiger partial charge in [-0.1, -0.05) is 36.8 Å². The highest BCUT2D eigenvalue weighted by Crippen LogP contribution is 2.43. The maximum absolute atomic E-state index is 12.5. The van der Waals surface area contributed by atoms with Crippen LogP contribution in [-0.2, 0) is 20.7 Å². The first-order valence-electron chi connectivity index (χ1n) is 12.9. The largest absolute Gasteiger partial charge is 0.469 e. The standard InChI is InChI=1S/C31H32N4O3/c1-19(32)29(20(2)36)24-16-27-30(34-17-24)25(22-12-10-21(11-13-22)15-28(37)38-3)18-35(27)31(23-7-6-8-23)26-9-4-5-14-33-26/h4-5,9-14,16-18,23,31H,6-8,15,32H2,1-3H3. The first-order chi connectivity index (χ1) is 18.4. The molecule has 4 aromatic rings. The number of carbonyl (C=O) groups is 2. The predicted molar refractivity (Wildman–Crippen MR) is 148 cm³/mol. The van der Waals surface area contributed by atoms with Crippen molar-refractivity contribution in [3.63, 3.8) is 0 Å². The van der Waals surface area contributed by atoms with E-state index in [0.717, 1.165) is 46.3 Å². The minimum Gasteiger partial charge on any atom is -0.469 e. The lowest BCUT2D eigenvalue weighted by molar-refractivity contribution is -0.139. The number of nitrogens with two attached hydrogens (primary N) is 1. The SMILES string of the molecule is COC(=O)Cc1ccc(-c2cn(C(c3ccccn3)C3CCC3)c3cc(C(C(C)=O)=C(C)N)cnc23)cc1. The van der Waals surface area contributed by atoms with Gasteiger partial charge in [-0.3, -0.25) is 19.6 Å². The number of Topliss-reactive ketones (excluding diaryl/α,β-unsaturated/α-hetero) is 1. The van der Waals surface area contributed by atoms with Crippen LogP contribution in [0.1, 0.15) is 56.0 Å². The van der Waals surface area contributed by atoms with E-state index >= 15 is 0 Å². The van der Waals surface area contributed by atoms with Gasteiger partial charge in [-0.25, -0.2) is 0 Å². The topological polar surface area (TPSA) is 100 Å². The Morgan fingerprint density at radius 2 is 1.87 bits per heavy atom. The van der Waals surface area contributed by atoms with Crippen molar-refractivity contribution in [3.05, 3.63) is 89.6 Å². The van der Waals surface area contributed by atoms with Crippen LogP contribution < -0.4 is 5.73 Å². The number of hydrogen-bond acceptors (Lipinski definition) is 6. The third-order valence-corrected chi connectivity index (χ3v) is 7.43. The number of nitrogens with zero attached hydrogens (tertiary/aromatic N) is 3. The highest BCUT2D eigenvalue weighted by atomic mass is 16.5. The van der Waals surface area contributed by atoms with Gasteiger partial charge in [-0.2, -0.15) is 0 Å². The first kappa shape index (κ1) is 25.4. The molecule has 1 aromatic carbocycles. The van der Waals surface area contributed by atoms with Crippen LogP contribution in [0.5, 0.6) is 0 Å². The molecular weight excluding hydrogens is 476 g/mol. The van der Waals surface area contributed by atoms with Gasteiger partial charge in [0.25, 0.3) is 0 Å². The van der Waals surface area contributed by atoms with Crippen molar-refractivity contribution >= 4 is 28.4 Å². The number of carbonyl (C=O) groups excluding carboxylic acids is 2. The van der Waals surface area contributed by atoms with Crippen molar-refractivity contribution in [3.8, 4) is 11.1 Å². The van der Waals surface area contributed by atoms with Gasteiger partial charge in [0.05, 0.1) is 36.3 Å². The van der Waals surface area contributed by atoms with Crippen molar-refractivity contribution in [1.82, 2.24) is 14.5 Å². The molecule has 1 fully saturated rings. The predicted octanol–water partition coefficient (Wildman–Crippen LogP) is 5.48. The monoisotopic (exact) mass is 508 g/mol. The summed E-state index contributed by atoms with van der Waals surface area (Å²) in [7, 11) is 1.39. The molecule has 7 nitrogen and oxygen atoms in total. The van der Waals surface area contributed by atoms with E-state index in [1.165, 1.54) is 20.5 Å². The molecule has 5 rings (SSSR count). The van der Waals surface area contributed by atoms with Crippen LogP contribution in [0.15, 0.2) is 72.8 Å². The Hall–Kier alpha value is -4.26. The van der Waals surface area contributed by atoms with Gasteiger partial charge in [0, 0.05) is 41.0 Å². The van der Waals surface area contributed by atoms with Crippen LogP contribution in [0.2, 0.25) is 0 Å². The molecule has 7 heteroatoms. The summed E-state index contributed by atoms with van der Waals surface area (Å²) in [6.45, 7) is 3.27. The molecule has 38 heavy (non-hydrogen) atoms. The Morgan fingerprint density at radius 1 is 1.11 bits per heavy atom. The fourth-order valence-electron chi connectivity index (χ4n) is 5.37. The number of methoxy groups -OCH3 is 1. The molecule has 3 heterocycles. The van der Waals surface area contributed by atoms with Gasteiger partial charge in [-0.05, 0) is 61.9 Å². The highest BCUT2D eigenvalue weighted by molar-refractivity contribution is 6.20. The van der Waals surface area contributed by atoms with Gasteiger partial charge in [0.15, 0.2) is 5.78 Å². The lowest BCUT2D eigenvalue weighted by Crippen LogP contribution is -2.26. The van der Waals surface area contributed by atoms with Crippen LogP contribution in [0.25, 0.3) is 27.7 Å². The molecule has 1 saturated carbocycles. The molecule has 3 aromatic heterocycles. The number of benzene rings is 1. The van der Waals surface area contributed by atoms with E-state index in [2.05, 4.69) is 16.8 Å². The van der Waals surface area contributed by atoms with Gasteiger partial charge in [-0.15, -0.1) is 0 Å². The van der Waals surface area contributed by atoms with Crippen LogP contribution in [0.4, 0.5) is 0 Å². The van der Waals surface area contributed by atoms with Crippen molar-refractivity contribution in [2.75, 3.05) is 7.11 Å². The lowest BCUT2D eigenvalue weighted by atomic mass is 9.78. The molecule has 0 bridgehead atoms. The van der Waals surface area contributed by atoms with Crippen molar-refractivity contribution in [1.29, 1.82) is 0 Å². The number of ether oxygens (including phenoxy) is 1. The van der Waals surface area contributed by atoms with E-state index in [1.54, 1.807) is 13.1 Å². The molecule has 0 saturated heterocycles. The summed E-state index contributed by atoms with van der Waals surface area (Å²) in [4.78, 5) is 33.8. The highest BCUT2D eigenvalue weighted by Gasteiger charge is 2.32. The lowest BCUT2D eigenvalue weighted by Gasteiger charge is -2.35. The number of fused-ring (bicyclic) bond motifs is 1. The van der Waals surface area contributed by atoms with Crippen LogP contribution in [0.3, 0.4) is 0 Å². The quantitative estimate of drug-likeness (QED) is 0.250. The molecular formula is C31H32N4O3. The Kier molecular flexibility index (Phi) is 7.09. The van der Waals surface area contributed by atoms with E-state index in [0.29, 0.717) is 22.8 Å². The van der Waals surface area contributed by atoms with Crippen molar-refractivity contribution in [2.45, 2.75) is 45.6 Å². The number of allylic oxidation sites excluding steroid dienone is 2. The number of aromatic nitrogens is 3. The summed E-state index contributed by atoms with van der Waals surface area (Å²) in [6.07, 6.45) is 9.41. The fraction of sp³-hybridized carbons (Fsp3) is 0.290. The Balaban J connectivity index is 1.70. The number of ketones is 1. The number of pyridine rings is 2. The Morgan fingerprint density at radius 3 is 2.45 bits per heavy atom. The minimum absolute atomic E-state index is 0.0422. The Labute approximate surface area is 222 Å². The average Bonchev–Trinajstić information content (AvgIpc) is 3.25. The van der Waals surface area contributed by atoms with Crippen LogP contribution in [-0.4, -0.2) is 33.4 Å². The smallest absolute Gasteiger partial charge is 0.309 e. The second-order valence-corrected chi connectivity index (χ2v) is 10.00. The summed E-state index contributed by atoms with van der Waals surface area (Å²) in [5, 5.41) is 0. The molecule has 1 atom stereocenters. The van der Waals surface area contributed by atoms with Gasteiger partial charge < -0.3 is 15.0 Å². The molecule has 0 spiro atoms. The summed E-state index contributed by atoms with van der Waals surface area (Å²) < 4.78 is 7.08. The van der Waals surface area contributed by atoms with E-state index in [4.69, 9.17) is 20.4 Å². The Bertz CT molecular complexity index is 1510. The first-order valence-corrected chi connectivity index (χ1v) is 12.9. The molecule has 1 aliphatic carbocycles. The van der Waals surface area contributed by atoms with Crippen LogP contribution >= 0.6 is 0 Å². The molecule has 2 N–H and O–H groups in total. The zero-order chi connectivity index (χ0) is 26.8.